The van der Waals surface area contributed by atoms with E-state index < -0.39 is 42.5 Å². The highest BCUT2D eigenvalue weighted by Gasteiger charge is 2.28. The molecule has 2 atom stereocenters. The van der Waals surface area contributed by atoms with Gasteiger partial charge in [-0.05, 0) is 181 Å². The Hall–Kier alpha value is -14.4. The first-order chi connectivity index (χ1) is 56.4. The number of alkyl halides is 4. The van der Waals surface area contributed by atoms with Crippen molar-refractivity contribution in [2.24, 2.45) is 0 Å². The smallest absolute Gasteiger partial charge is 0.394 e. The molecule has 0 aliphatic heterocycles. The summed E-state index contributed by atoms with van der Waals surface area (Å²) >= 11 is 0. The van der Waals surface area contributed by atoms with Gasteiger partial charge in [0.05, 0.1) is 44.3 Å². The number of anilines is 1. The first-order valence-corrected chi connectivity index (χ1v) is 37.5. The van der Waals surface area contributed by atoms with Gasteiger partial charge < -0.3 is 57.6 Å². The minimum Gasteiger partial charge on any atom is -0.491 e. The zero-order valence-corrected chi connectivity index (χ0v) is 65.7. The van der Waals surface area contributed by atoms with E-state index in [9.17, 15) is 57.2 Å². The Bertz CT molecular complexity index is 6840. The quantitative estimate of drug-likeness (QED) is 0.0499. The number of aryl methyl sites for hydroxylation is 8. The Kier molecular flexibility index (Phi) is 22.3. The summed E-state index contributed by atoms with van der Waals surface area (Å²) in [6.07, 6.45) is -6.01. The van der Waals surface area contributed by atoms with Crippen LogP contribution in [0.1, 0.15) is 112 Å². The Morgan fingerprint density at radius 2 is 0.746 bits per heavy atom. The number of rotatable bonds is 18. The van der Waals surface area contributed by atoms with Crippen LogP contribution in [0.4, 0.5) is 23.2 Å². The van der Waals surface area contributed by atoms with E-state index in [1.54, 1.807) is 38.1 Å². The maximum Gasteiger partial charge on any atom is 0.394 e. The van der Waals surface area contributed by atoms with Gasteiger partial charge in [-0.2, -0.15) is 8.78 Å². The van der Waals surface area contributed by atoms with Crippen LogP contribution in [0.5, 0.6) is 17.2 Å². The molecule has 0 saturated heterocycles. The summed E-state index contributed by atoms with van der Waals surface area (Å²) in [5.74, 6) is -1.70. The number of para-hydroxylation sites is 4. The first-order valence-electron chi connectivity index (χ1n) is 37.5. The van der Waals surface area contributed by atoms with E-state index in [1.807, 2.05) is 181 Å². The molecule has 20 nitrogen and oxygen atoms in total. The highest BCUT2D eigenvalue weighted by molar-refractivity contribution is 6.11. The molecule has 596 valence electrons. The molecule has 0 fully saturated rings. The van der Waals surface area contributed by atoms with Crippen molar-refractivity contribution in [3.8, 4) is 63.1 Å². The molecule has 5 N–H and O–H groups in total. The van der Waals surface area contributed by atoms with Gasteiger partial charge in [0, 0.05) is 91.4 Å². The average molecular weight is 1590 g/mol. The molecule has 0 amide bonds. The number of aromatic carboxylic acids is 4. The van der Waals surface area contributed by atoms with Gasteiger partial charge in [0.1, 0.15) is 75.1 Å². The molecular weight excluding hydrogens is 1520 g/mol. The standard InChI is InChI=1S/C27H22N2O3.C23H20FNO4.C22H17F2NO4.C22H18FNO4/c1-16-12-13-21(28-15-18-8-4-3-5-9-18)24-20(27(30)31)14-22(29-25(16)24)26-17(2)19-10-6-7-11-23(19)32-26;1-12-8-15(28-11-13(2)24)9-17-18(23(26)27)10-19(25-21(12)17)22-14(3)16-6-4-5-7-20(16)29-22;1-11-8-13(29-22(3,23)24)9-15-16(21(26)27)10-17(25-19(11)15)20-12(2)14-6-4-5-7-18(14)28-20;1-11-8-14(27-13(3)23)9-16-17(22(25)26)10-18(24-20(11)16)21-12(2)15-6-4-5-7-19(15)28-21/h3-14,28H,15H2,1-2H3,(H,30,31);4-10,13H,11H2,1-3H3,(H,26,27);4-10H,1-3H3,(H,26,27);4-10,13H,1-3H3,(H,25,26). The molecule has 0 radical (unpaired) electrons. The van der Waals surface area contributed by atoms with Crippen LogP contribution in [0.2, 0.25) is 0 Å². The van der Waals surface area contributed by atoms with E-state index in [2.05, 4.69) is 20.0 Å². The van der Waals surface area contributed by atoms with Gasteiger partial charge in [0.2, 0.25) is 6.36 Å². The van der Waals surface area contributed by atoms with Crippen molar-refractivity contribution in [1.82, 2.24) is 19.9 Å². The summed E-state index contributed by atoms with van der Waals surface area (Å²) in [6, 6.07) is 59.5. The van der Waals surface area contributed by atoms with Crippen LogP contribution < -0.4 is 19.5 Å². The fourth-order valence-corrected chi connectivity index (χ4v) is 14.5. The number of hydrogen-bond donors (Lipinski definition) is 5. The van der Waals surface area contributed by atoms with E-state index in [0.717, 1.165) is 77.3 Å². The fraction of sp³-hybridized carbons (Fsp3) is 0.170. The van der Waals surface area contributed by atoms with E-state index in [4.69, 9.17) is 37.1 Å². The maximum atomic E-state index is 13.3. The van der Waals surface area contributed by atoms with E-state index in [0.29, 0.717) is 126 Å². The Labute approximate surface area is 671 Å². The molecule has 8 aromatic heterocycles. The second-order valence-electron chi connectivity index (χ2n) is 28.7. The number of halogens is 4. The number of carboxylic acid groups (broad SMARTS) is 4. The molecule has 0 spiro atoms. The topological polar surface area (TPSA) is 293 Å². The van der Waals surface area contributed by atoms with Gasteiger partial charge >= 0.3 is 30.0 Å². The summed E-state index contributed by atoms with van der Waals surface area (Å²) in [5, 5.41) is 48.2. The lowest BCUT2D eigenvalue weighted by molar-refractivity contribution is -0.158. The van der Waals surface area contributed by atoms with Crippen LogP contribution in [0.3, 0.4) is 0 Å². The van der Waals surface area contributed by atoms with Crippen molar-refractivity contribution in [2.75, 3.05) is 11.9 Å². The zero-order valence-electron chi connectivity index (χ0n) is 65.7. The van der Waals surface area contributed by atoms with E-state index in [1.165, 1.54) is 50.2 Å². The van der Waals surface area contributed by atoms with Crippen LogP contribution in [-0.4, -0.2) is 89.5 Å². The van der Waals surface area contributed by atoms with Gasteiger partial charge in [0.15, 0.2) is 23.0 Å². The lowest BCUT2D eigenvalue weighted by atomic mass is 10.0. The molecule has 17 aromatic rings. The largest absolute Gasteiger partial charge is 0.491 e. The van der Waals surface area contributed by atoms with Crippen molar-refractivity contribution in [2.45, 2.75) is 101 Å². The molecule has 8 heterocycles. The number of fused-ring (bicyclic) bond motifs is 8. The summed E-state index contributed by atoms with van der Waals surface area (Å²) in [7, 11) is 0. The van der Waals surface area contributed by atoms with Gasteiger partial charge in [-0.3, -0.25) is 0 Å². The summed E-state index contributed by atoms with van der Waals surface area (Å²) < 4.78 is 92.0. The molecule has 0 aliphatic rings. The molecule has 2 unspecified atom stereocenters. The highest BCUT2D eigenvalue weighted by atomic mass is 19.3. The van der Waals surface area contributed by atoms with Crippen LogP contribution in [0.25, 0.3) is 133 Å². The third-order valence-electron chi connectivity index (χ3n) is 20.0. The number of nitrogens with one attached hydrogen (secondary N) is 1. The number of carboxylic acids is 4. The van der Waals surface area contributed by atoms with Gasteiger partial charge in [-0.1, -0.05) is 109 Å². The van der Waals surface area contributed by atoms with Crippen molar-refractivity contribution in [3.63, 3.8) is 0 Å². The molecule has 118 heavy (non-hydrogen) atoms. The zero-order chi connectivity index (χ0) is 83.9. The summed E-state index contributed by atoms with van der Waals surface area (Å²) in [6.45, 7) is 18.7. The minimum absolute atomic E-state index is 0.0555. The van der Waals surface area contributed by atoms with Crippen molar-refractivity contribution >= 4 is 117 Å². The molecule has 0 aliphatic carbocycles. The molecule has 0 bridgehead atoms. The normalized spacial score (nSPS) is 12.0. The number of carbonyl (C=O) groups is 4. The number of nitrogens with zero attached hydrogens (tertiary/aromatic N) is 4. The second kappa shape index (κ2) is 32.8. The highest BCUT2D eigenvalue weighted by Crippen LogP contribution is 2.42. The molecular formula is C94H77F4N5O15. The van der Waals surface area contributed by atoms with Crippen molar-refractivity contribution in [1.29, 1.82) is 0 Å². The predicted molar refractivity (Wildman–Crippen MR) is 446 cm³/mol. The third-order valence-corrected chi connectivity index (χ3v) is 20.0. The second-order valence-corrected chi connectivity index (χ2v) is 28.7. The molecule has 17 rings (SSSR count). The van der Waals surface area contributed by atoms with Crippen LogP contribution in [-0.2, 0) is 6.54 Å². The molecule has 9 aromatic carbocycles. The number of benzene rings is 9. The number of pyridine rings is 4. The summed E-state index contributed by atoms with van der Waals surface area (Å²) in [4.78, 5) is 66.9. The molecule has 24 heteroatoms. The van der Waals surface area contributed by atoms with Gasteiger partial charge in [0.25, 0.3) is 0 Å². The average Bonchev–Trinajstić information content (AvgIpc) is 1.78. The SMILES string of the molecule is Cc1c(-c2cc(C(=O)O)c3c(NCc4ccccc4)ccc(C)c3n2)oc2ccccc12.Cc1c(-c2cc(C(=O)O)c3cc(OC(C)(F)F)cc(C)c3n2)oc2ccccc12.Cc1c(-c2cc(C(=O)O)c3cc(OC(C)F)cc(C)c3n2)oc2ccccc12.Cc1c(-c2cc(C(=O)O)c3cc(OCC(C)F)cc(C)c3n2)oc2ccccc12. The van der Waals surface area contributed by atoms with Crippen molar-refractivity contribution < 1.29 is 89.0 Å². The fourth-order valence-electron chi connectivity index (χ4n) is 14.5. The predicted octanol–water partition coefficient (Wildman–Crippen LogP) is 23.9. The van der Waals surface area contributed by atoms with Crippen LogP contribution in [0, 0.1) is 55.4 Å². The lowest BCUT2D eigenvalue weighted by Crippen LogP contribution is -2.19. The number of furan rings is 4. The monoisotopic (exact) mass is 1590 g/mol. The number of ether oxygens (including phenoxy) is 3. The Morgan fingerprint density at radius 1 is 0.407 bits per heavy atom. The first kappa shape index (κ1) is 80.2. The minimum atomic E-state index is -3.39. The maximum absolute atomic E-state index is 13.3. The lowest BCUT2D eigenvalue weighted by Gasteiger charge is -2.15. The van der Waals surface area contributed by atoms with Gasteiger partial charge in [-0.25, -0.2) is 47.9 Å². The molecule has 0 saturated carbocycles. The Balaban J connectivity index is 0.000000129. The summed E-state index contributed by atoms with van der Waals surface area (Å²) in [5.41, 5.74) is 15.3. The van der Waals surface area contributed by atoms with Crippen molar-refractivity contribution in [3.05, 3.63) is 273 Å². The van der Waals surface area contributed by atoms with Crippen LogP contribution in [0.15, 0.2) is 218 Å². The Morgan fingerprint density at radius 3 is 1.11 bits per heavy atom. The number of aromatic nitrogens is 4. The third kappa shape index (κ3) is 16.5. The van der Waals surface area contributed by atoms with Crippen LogP contribution >= 0.6 is 0 Å². The van der Waals surface area contributed by atoms with Gasteiger partial charge in [-0.15, -0.1) is 0 Å². The number of hydrogen-bond acceptors (Lipinski definition) is 16. The van der Waals surface area contributed by atoms with E-state index >= 15 is 0 Å². The van der Waals surface area contributed by atoms with E-state index in [-0.39, 0.29) is 45.7 Å².